The molecule has 8 nitrogen and oxygen atoms in total. The summed E-state index contributed by atoms with van der Waals surface area (Å²) in [6.45, 7) is 0. The van der Waals surface area contributed by atoms with Gasteiger partial charge < -0.3 is 5.32 Å². The first kappa shape index (κ1) is 15.7. The van der Waals surface area contributed by atoms with E-state index in [4.69, 9.17) is 0 Å². The SMILES string of the molecule is O=C(Nc1ccc(-c2cn3cccnc3n2)cc1)C1CCc2n[nH]nc2C1. The molecule has 8 heteroatoms. The Hall–Kier alpha value is -3.55. The van der Waals surface area contributed by atoms with Crippen LogP contribution in [0.4, 0.5) is 5.69 Å². The van der Waals surface area contributed by atoms with Crippen LogP contribution < -0.4 is 5.32 Å². The van der Waals surface area contributed by atoms with Gasteiger partial charge in [-0.3, -0.25) is 9.20 Å². The number of carbonyl (C=O) groups excluding carboxylic acids is 1. The molecule has 134 valence electrons. The van der Waals surface area contributed by atoms with E-state index in [0.29, 0.717) is 12.2 Å². The van der Waals surface area contributed by atoms with Crippen LogP contribution in [0.15, 0.2) is 48.9 Å². The molecule has 1 unspecified atom stereocenters. The Labute approximate surface area is 154 Å². The molecular formula is C19H17N7O. The minimum Gasteiger partial charge on any atom is -0.326 e. The number of aromatic amines is 1. The Kier molecular flexibility index (Phi) is 3.67. The van der Waals surface area contributed by atoms with Crippen molar-refractivity contribution in [1.82, 2.24) is 29.8 Å². The number of nitrogens with one attached hydrogen (secondary N) is 2. The predicted octanol–water partition coefficient (Wildman–Crippen LogP) is 2.26. The molecule has 0 bridgehead atoms. The molecule has 0 aliphatic heterocycles. The van der Waals surface area contributed by atoms with Gasteiger partial charge in [0, 0.05) is 42.2 Å². The molecule has 1 aromatic carbocycles. The molecule has 0 saturated heterocycles. The fourth-order valence-corrected chi connectivity index (χ4v) is 3.45. The molecule has 0 radical (unpaired) electrons. The van der Waals surface area contributed by atoms with Crippen molar-refractivity contribution in [2.24, 2.45) is 5.92 Å². The Morgan fingerprint density at radius 2 is 2.04 bits per heavy atom. The van der Waals surface area contributed by atoms with E-state index in [0.717, 1.165) is 41.2 Å². The third-order valence-electron chi connectivity index (χ3n) is 4.93. The summed E-state index contributed by atoms with van der Waals surface area (Å²) in [4.78, 5) is 21.3. The third kappa shape index (κ3) is 2.95. The van der Waals surface area contributed by atoms with Crippen LogP contribution in [-0.4, -0.2) is 35.7 Å². The number of nitrogens with zero attached hydrogens (tertiary/aromatic N) is 5. The maximum absolute atomic E-state index is 12.6. The summed E-state index contributed by atoms with van der Waals surface area (Å²) in [7, 11) is 0. The second-order valence-electron chi connectivity index (χ2n) is 6.68. The molecule has 1 amide bonds. The number of amides is 1. The monoisotopic (exact) mass is 359 g/mol. The fraction of sp³-hybridized carbons (Fsp3) is 0.211. The van der Waals surface area contributed by atoms with E-state index in [1.807, 2.05) is 47.1 Å². The first-order chi connectivity index (χ1) is 13.3. The smallest absolute Gasteiger partial charge is 0.234 e. The Bertz CT molecular complexity index is 1080. The van der Waals surface area contributed by atoms with Crippen LogP contribution in [0.2, 0.25) is 0 Å². The lowest BCUT2D eigenvalue weighted by molar-refractivity contribution is -0.120. The molecule has 4 aromatic rings. The first-order valence-corrected chi connectivity index (χ1v) is 8.86. The molecule has 0 saturated carbocycles. The average molecular weight is 359 g/mol. The molecule has 27 heavy (non-hydrogen) atoms. The quantitative estimate of drug-likeness (QED) is 0.584. The van der Waals surface area contributed by atoms with E-state index in [9.17, 15) is 4.79 Å². The highest BCUT2D eigenvalue weighted by Gasteiger charge is 2.27. The van der Waals surface area contributed by atoms with E-state index in [1.54, 1.807) is 6.20 Å². The number of benzene rings is 1. The van der Waals surface area contributed by atoms with Crippen molar-refractivity contribution in [3.05, 3.63) is 60.3 Å². The normalized spacial score (nSPS) is 16.2. The molecule has 5 rings (SSSR count). The van der Waals surface area contributed by atoms with Crippen molar-refractivity contribution >= 4 is 17.4 Å². The highest BCUT2D eigenvalue weighted by Crippen LogP contribution is 2.25. The van der Waals surface area contributed by atoms with Gasteiger partial charge in [0.25, 0.3) is 0 Å². The van der Waals surface area contributed by atoms with Gasteiger partial charge >= 0.3 is 0 Å². The summed E-state index contributed by atoms with van der Waals surface area (Å²) in [6, 6.07) is 9.57. The zero-order valence-corrected chi connectivity index (χ0v) is 14.5. The number of carbonyl (C=O) groups is 1. The zero-order chi connectivity index (χ0) is 18.2. The summed E-state index contributed by atoms with van der Waals surface area (Å²) in [5.41, 5.74) is 4.47. The van der Waals surface area contributed by atoms with Gasteiger partial charge in [-0.1, -0.05) is 12.1 Å². The van der Waals surface area contributed by atoms with Crippen molar-refractivity contribution in [2.45, 2.75) is 19.3 Å². The number of rotatable bonds is 3. The van der Waals surface area contributed by atoms with Crippen LogP contribution in [-0.2, 0) is 17.6 Å². The van der Waals surface area contributed by atoms with Gasteiger partial charge in [0.2, 0.25) is 11.7 Å². The van der Waals surface area contributed by atoms with Crippen LogP contribution in [0, 0.1) is 5.92 Å². The summed E-state index contributed by atoms with van der Waals surface area (Å²) in [5.74, 6) is 0.606. The van der Waals surface area contributed by atoms with Crippen molar-refractivity contribution in [3.8, 4) is 11.3 Å². The standard InChI is InChI=1S/C19H17N7O/c27-18(13-4-7-15-16(10-13)24-25-23-15)21-14-5-2-12(3-6-14)17-11-26-9-1-8-20-19(26)22-17/h1-3,5-6,8-9,11,13H,4,7,10H2,(H,21,27)(H,23,24,25). The second-order valence-corrected chi connectivity index (χ2v) is 6.68. The maximum atomic E-state index is 12.6. The summed E-state index contributed by atoms with van der Waals surface area (Å²) in [5, 5.41) is 13.9. The van der Waals surface area contributed by atoms with Gasteiger partial charge in [0.05, 0.1) is 17.1 Å². The number of hydrogen-bond donors (Lipinski definition) is 2. The first-order valence-electron chi connectivity index (χ1n) is 8.86. The molecule has 2 N–H and O–H groups in total. The number of fused-ring (bicyclic) bond motifs is 2. The van der Waals surface area contributed by atoms with Crippen molar-refractivity contribution in [3.63, 3.8) is 0 Å². The zero-order valence-electron chi connectivity index (χ0n) is 14.5. The lowest BCUT2D eigenvalue weighted by atomic mass is 9.89. The third-order valence-corrected chi connectivity index (χ3v) is 4.93. The number of aromatic nitrogens is 6. The van der Waals surface area contributed by atoms with Gasteiger partial charge in [-0.25, -0.2) is 9.97 Å². The Morgan fingerprint density at radius 3 is 2.89 bits per heavy atom. The lowest BCUT2D eigenvalue weighted by Crippen LogP contribution is -2.28. The van der Waals surface area contributed by atoms with Crippen LogP contribution in [0.1, 0.15) is 17.8 Å². The Balaban J connectivity index is 1.30. The molecule has 0 spiro atoms. The maximum Gasteiger partial charge on any atom is 0.234 e. The van der Waals surface area contributed by atoms with E-state index in [2.05, 4.69) is 30.7 Å². The number of imidazole rings is 1. The number of aryl methyl sites for hydroxylation is 1. The minimum absolute atomic E-state index is 0.0216. The van der Waals surface area contributed by atoms with Gasteiger partial charge in [0.15, 0.2) is 0 Å². The molecule has 0 fully saturated rings. The van der Waals surface area contributed by atoms with E-state index < -0.39 is 0 Å². The van der Waals surface area contributed by atoms with E-state index in [1.165, 1.54) is 0 Å². The molecule has 3 aromatic heterocycles. The predicted molar refractivity (Wildman–Crippen MR) is 99.0 cm³/mol. The van der Waals surface area contributed by atoms with Gasteiger partial charge in [0.1, 0.15) is 0 Å². The van der Waals surface area contributed by atoms with Gasteiger partial charge in [-0.2, -0.15) is 15.4 Å². The molecule has 1 aliphatic rings. The van der Waals surface area contributed by atoms with Crippen molar-refractivity contribution < 1.29 is 4.79 Å². The lowest BCUT2D eigenvalue weighted by Gasteiger charge is -2.19. The number of anilines is 1. The second kappa shape index (κ2) is 6.31. The summed E-state index contributed by atoms with van der Waals surface area (Å²) >= 11 is 0. The van der Waals surface area contributed by atoms with Crippen molar-refractivity contribution in [1.29, 1.82) is 0 Å². The average Bonchev–Trinajstić information content (AvgIpc) is 3.34. The highest BCUT2D eigenvalue weighted by atomic mass is 16.1. The Morgan fingerprint density at radius 1 is 1.19 bits per heavy atom. The summed E-state index contributed by atoms with van der Waals surface area (Å²) in [6.07, 6.45) is 7.77. The van der Waals surface area contributed by atoms with Crippen LogP contribution in [0.5, 0.6) is 0 Å². The van der Waals surface area contributed by atoms with E-state index in [-0.39, 0.29) is 11.8 Å². The van der Waals surface area contributed by atoms with Crippen molar-refractivity contribution in [2.75, 3.05) is 5.32 Å². The largest absolute Gasteiger partial charge is 0.326 e. The molecular weight excluding hydrogens is 342 g/mol. The topological polar surface area (TPSA) is 101 Å². The highest BCUT2D eigenvalue weighted by molar-refractivity contribution is 5.93. The fourth-order valence-electron chi connectivity index (χ4n) is 3.45. The van der Waals surface area contributed by atoms with Crippen LogP contribution in [0.3, 0.4) is 0 Å². The molecule has 1 aliphatic carbocycles. The van der Waals surface area contributed by atoms with E-state index >= 15 is 0 Å². The number of H-pyrrole nitrogens is 1. The van der Waals surface area contributed by atoms with Crippen LogP contribution in [0.25, 0.3) is 17.0 Å². The van der Waals surface area contributed by atoms with Gasteiger partial charge in [-0.05, 0) is 31.0 Å². The summed E-state index contributed by atoms with van der Waals surface area (Å²) < 4.78 is 1.88. The minimum atomic E-state index is -0.0770. The molecule has 3 heterocycles. The van der Waals surface area contributed by atoms with Crippen LogP contribution >= 0.6 is 0 Å². The van der Waals surface area contributed by atoms with Gasteiger partial charge in [-0.15, -0.1) is 0 Å². The molecule has 1 atom stereocenters. The number of hydrogen-bond acceptors (Lipinski definition) is 5.